The Morgan fingerprint density at radius 2 is 1.84 bits per heavy atom. The molecule has 3 rings (SSSR count). The third-order valence-corrected chi connectivity index (χ3v) is 3.41. The zero-order chi connectivity index (χ0) is 13.4. The van der Waals surface area contributed by atoms with Gasteiger partial charge in [-0.25, -0.2) is 4.68 Å². The normalized spacial score (nSPS) is 11.0. The molecule has 0 aliphatic heterocycles. The zero-order valence-electron chi connectivity index (χ0n) is 10.2. The van der Waals surface area contributed by atoms with Gasteiger partial charge >= 0.3 is 0 Å². The summed E-state index contributed by atoms with van der Waals surface area (Å²) in [5, 5.41) is 6.05. The number of hydrogen-bond donors (Lipinski definition) is 2. The van der Waals surface area contributed by atoms with Crippen LogP contribution in [0.1, 0.15) is 0 Å². The number of nitrogen functional groups attached to an aromatic ring is 2. The first kappa shape index (κ1) is 11.8. The standard InChI is InChI=1S/C12H12N6S/c1-19-11-8-9(13)15-12(14)16-10(8)18(17-11)7-5-3-2-4-6-7/h2-6H,1H3,(H4,13,14,15,16). The first-order valence-corrected chi connectivity index (χ1v) is 6.84. The van der Waals surface area contributed by atoms with Gasteiger partial charge in [-0.2, -0.15) is 15.1 Å². The summed E-state index contributed by atoms with van der Waals surface area (Å²) in [5.41, 5.74) is 13.1. The van der Waals surface area contributed by atoms with Gasteiger partial charge in [-0.1, -0.05) is 18.2 Å². The van der Waals surface area contributed by atoms with E-state index in [1.165, 1.54) is 11.8 Å². The van der Waals surface area contributed by atoms with Gasteiger partial charge in [0, 0.05) is 0 Å². The Morgan fingerprint density at radius 3 is 2.53 bits per heavy atom. The summed E-state index contributed by atoms with van der Waals surface area (Å²) >= 11 is 1.50. The minimum absolute atomic E-state index is 0.148. The molecule has 0 fully saturated rings. The summed E-state index contributed by atoms with van der Waals surface area (Å²) in [4.78, 5) is 8.25. The molecule has 7 heteroatoms. The molecule has 0 unspecified atom stereocenters. The van der Waals surface area contributed by atoms with Crippen molar-refractivity contribution >= 4 is 34.6 Å². The number of anilines is 2. The van der Waals surface area contributed by atoms with Gasteiger partial charge in [0.25, 0.3) is 0 Å². The fourth-order valence-electron chi connectivity index (χ4n) is 1.92. The highest BCUT2D eigenvalue weighted by molar-refractivity contribution is 7.98. The minimum Gasteiger partial charge on any atom is -0.383 e. The van der Waals surface area contributed by atoms with E-state index in [0.29, 0.717) is 11.5 Å². The highest BCUT2D eigenvalue weighted by Crippen LogP contribution is 2.30. The third-order valence-electron chi connectivity index (χ3n) is 2.73. The van der Waals surface area contributed by atoms with Crippen LogP contribution in [0.2, 0.25) is 0 Å². The molecule has 4 N–H and O–H groups in total. The molecule has 1 aromatic carbocycles. The van der Waals surface area contributed by atoms with E-state index in [4.69, 9.17) is 11.5 Å². The molecule has 6 nitrogen and oxygen atoms in total. The lowest BCUT2D eigenvalue weighted by atomic mass is 10.3. The molecule has 0 aliphatic rings. The molecule has 2 heterocycles. The largest absolute Gasteiger partial charge is 0.383 e. The van der Waals surface area contributed by atoms with Crippen LogP contribution in [0.4, 0.5) is 11.8 Å². The van der Waals surface area contributed by atoms with Crippen LogP contribution in [0.5, 0.6) is 0 Å². The lowest BCUT2D eigenvalue weighted by Gasteiger charge is -2.02. The van der Waals surface area contributed by atoms with E-state index in [2.05, 4.69) is 15.1 Å². The smallest absolute Gasteiger partial charge is 0.224 e. The summed E-state index contributed by atoms with van der Waals surface area (Å²) < 4.78 is 1.73. The van der Waals surface area contributed by atoms with E-state index in [1.54, 1.807) is 4.68 Å². The van der Waals surface area contributed by atoms with Crippen LogP contribution in [0.25, 0.3) is 16.7 Å². The molecule has 0 amide bonds. The van der Waals surface area contributed by atoms with Crippen LogP contribution in [-0.4, -0.2) is 26.0 Å². The number of fused-ring (bicyclic) bond motifs is 1. The Balaban J connectivity index is 2.38. The fraction of sp³-hybridized carbons (Fsp3) is 0.0833. The number of para-hydroxylation sites is 1. The van der Waals surface area contributed by atoms with Gasteiger partial charge in [-0.3, -0.25) is 0 Å². The Bertz CT molecular complexity index is 737. The average molecular weight is 272 g/mol. The molecular formula is C12H12N6S. The summed E-state index contributed by atoms with van der Waals surface area (Å²) in [6.07, 6.45) is 1.94. The molecule has 0 spiro atoms. The second-order valence-corrected chi connectivity index (χ2v) is 4.72. The van der Waals surface area contributed by atoms with Crippen LogP contribution in [-0.2, 0) is 0 Å². The molecule has 2 aromatic heterocycles. The van der Waals surface area contributed by atoms with Crippen molar-refractivity contribution in [3.05, 3.63) is 30.3 Å². The van der Waals surface area contributed by atoms with Gasteiger partial charge in [0.05, 0.1) is 11.1 Å². The maximum atomic E-state index is 5.93. The van der Waals surface area contributed by atoms with E-state index in [0.717, 1.165) is 16.1 Å². The molecule has 19 heavy (non-hydrogen) atoms. The Morgan fingerprint density at radius 1 is 1.11 bits per heavy atom. The van der Waals surface area contributed by atoms with Crippen LogP contribution < -0.4 is 11.5 Å². The van der Waals surface area contributed by atoms with Crippen molar-refractivity contribution in [2.24, 2.45) is 0 Å². The lowest BCUT2D eigenvalue weighted by Crippen LogP contribution is -2.03. The lowest BCUT2D eigenvalue weighted by molar-refractivity contribution is 0.852. The summed E-state index contributed by atoms with van der Waals surface area (Å²) in [6, 6.07) is 9.73. The summed E-state index contributed by atoms with van der Waals surface area (Å²) in [6.45, 7) is 0. The second-order valence-electron chi connectivity index (χ2n) is 3.92. The number of thioether (sulfide) groups is 1. The van der Waals surface area contributed by atoms with Gasteiger partial charge in [-0.05, 0) is 18.4 Å². The third kappa shape index (κ3) is 1.88. The van der Waals surface area contributed by atoms with E-state index in [1.807, 2.05) is 36.6 Å². The number of hydrogen-bond acceptors (Lipinski definition) is 6. The molecule has 0 saturated carbocycles. The van der Waals surface area contributed by atoms with Crippen LogP contribution in [0, 0.1) is 0 Å². The van der Waals surface area contributed by atoms with Gasteiger partial charge in [0.1, 0.15) is 10.8 Å². The first-order valence-electron chi connectivity index (χ1n) is 5.62. The second kappa shape index (κ2) is 4.43. The number of nitrogens with two attached hydrogens (primary N) is 2. The maximum Gasteiger partial charge on any atom is 0.224 e. The Hall–Kier alpha value is -2.28. The number of benzene rings is 1. The van der Waals surface area contributed by atoms with Gasteiger partial charge in [0.15, 0.2) is 5.65 Å². The van der Waals surface area contributed by atoms with Gasteiger partial charge < -0.3 is 11.5 Å². The SMILES string of the molecule is CSc1nn(-c2ccccc2)c2nc(N)nc(N)c12. The van der Waals surface area contributed by atoms with Crippen molar-refractivity contribution in [2.75, 3.05) is 17.7 Å². The van der Waals surface area contributed by atoms with Gasteiger partial charge in [0.2, 0.25) is 5.95 Å². The molecular weight excluding hydrogens is 260 g/mol. The minimum atomic E-state index is 0.148. The molecule has 0 bridgehead atoms. The first-order chi connectivity index (χ1) is 9.20. The van der Waals surface area contributed by atoms with E-state index in [9.17, 15) is 0 Å². The predicted octanol–water partition coefficient (Wildman–Crippen LogP) is 1.70. The van der Waals surface area contributed by atoms with Crippen molar-refractivity contribution in [1.82, 2.24) is 19.7 Å². The van der Waals surface area contributed by atoms with Crippen LogP contribution in [0.3, 0.4) is 0 Å². The highest BCUT2D eigenvalue weighted by Gasteiger charge is 2.16. The maximum absolute atomic E-state index is 5.93. The molecule has 0 atom stereocenters. The average Bonchev–Trinajstić information content (AvgIpc) is 2.78. The molecule has 0 aliphatic carbocycles. The van der Waals surface area contributed by atoms with Crippen molar-refractivity contribution in [2.45, 2.75) is 5.03 Å². The fourth-order valence-corrected chi connectivity index (χ4v) is 2.49. The Labute approximate surface area is 113 Å². The van der Waals surface area contributed by atoms with Gasteiger partial charge in [-0.15, -0.1) is 11.8 Å². The van der Waals surface area contributed by atoms with Crippen molar-refractivity contribution < 1.29 is 0 Å². The van der Waals surface area contributed by atoms with Crippen LogP contribution in [0.15, 0.2) is 35.4 Å². The highest BCUT2D eigenvalue weighted by atomic mass is 32.2. The number of aromatic nitrogens is 4. The Kier molecular flexibility index (Phi) is 2.75. The van der Waals surface area contributed by atoms with Crippen molar-refractivity contribution in [3.63, 3.8) is 0 Å². The molecule has 96 valence electrons. The van der Waals surface area contributed by atoms with Crippen LogP contribution >= 0.6 is 11.8 Å². The summed E-state index contributed by atoms with van der Waals surface area (Å²) in [5.74, 6) is 0.503. The number of rotatable bonds is 2. The topological polar surface area (TPSA) is 95.6 Å². The predicted molar refractivity (Wildman–Crippen MR) is 77.3 cm³/mol. The van der Waals surface area contributed by atoms with E-state index in [-0.39, 0.29) is 5.95 Å². The molecule has 0 radical (unpaired) electrons. The monoisotopic (exact) mass is 272 g/mol. The molecule has 3 aromatic rings. The van der Waals surface area contributed by atoms with E-state index >= 15 is 0 Å². The number of nitrogens with zero attached hydrogens (tertiary/aromatic N) is 4. The molecule has 0 saturated heterocycles. The quantitative estimate of drug-likeness (QED) is 0.689. The summed E-state index contributed by atoms with van der Waals surface area (Å²) in [7, 11) is 0. The van der Waals surface area contributed by atoms with E-state index < -0.39 is 0 Å². The van der Waals surface area contributed by atoms with Crippen molar-refractivity contribution in [1.29, 1.82) is 0 Å². The van der Waals surface area contributed by atoms with Crippen molar-refractivity contribution in [3.8, 4) is 5.69 Å². The zero-order valence-corrected chi connectivity index (χ0v) is 11.1.